The molecule has 1 saturated heterocycles. The first-order valence-corrected chi connectivity index (χ1v) is 12.0. The molecule has 2 aromatic rings. The number of nitrogens with zero attached hydrogens (tertiary/aromatic N) is 3. The van der Waals surface area contributed by atoms with E-state index in [0.29, 0.717) is 41.7 Å². The number of hydrogen-bond donors (Lipinski definition) is 1. The minimum atomic E-state index is -0.173. The molecule has 0 bridgehead atoms. The zero-order chi connectivity index (χ0) is 23.5. The number of carbonyl (C=O) groups excluding carboxylic acids is 2. The summed E-state index contributed by atoms with van der Waals surface area (Å²) in [6.45, 7) is 7.24. The second-order valence-electron chi connectivity index (χ2n) is 9.41. The van der Waals surface area contributed by atoms with Gasteiger partial charge in [-0.25, -0.2) is 0 Å². The minimum absolute atomic E-state index is 0.0169. The van der Waals surface area contributed by atoms with Crippen LogP contribution in [0.5, 0.6) is 5.75 Å². The van der Waals surface area contributed by atoms with E-state index in [1.54, 1.807) is 25.3 Å². The van der Waals surface area contributed by atoms with Crippen LogP contribution in [0.2, 0.25) is 0 Å². The van der Waals surface area contributed by atoms with E-state index in [2.05, 4.69) is 28.8 Å². The Morgan fingerprint density at radius 3 is 2.36 bits per heavy atom. The average molecular weight is 453 g/mol. The number of anilines is 1. The third kappa shape index (κ3) is 4.93. The Morgan fingerprint density at radius 2 is 1.70 bits per heavy atom. The van der Waals surface area contributed by atoms with Gasteiger partial charge in [0.1, 0.15) is 5.75 Å². The van der Waals surface area contributed by atoms with Crippen molar-refractivity contribution in [2.45, 2.75) is 52.0 Å². The lowest BCUT2D eigenvalue weighted by Crippen LogP contribution is -2.47. The number of benzene rings is 1. The lowest BCUT2D eigenvalue weighted by atomic mass is 9.95. The fourth-order valence-electron chi connectivity index (χ4n) is 5.23. The SMILES string of the molecule is COc1ccc(C(=O)N2CCN(C)CC2)cc1NC(=O)c1cc(C)n(C2CCCCC2)c1C. The molecule has 1 aliphatic heterocycles. The zero-order valence-corrected chi connectivity index (χ0v) is 20.3. The summed E-state index contributed by atoms with van der Waals surface area (Å²) >= 11 is 0. The quantitative estimate of drug-likeness (QED) is 0.736. The molecule has 0 radical (unpaired) electrons. The van der Waals surface area contributed by atoms with Crippen LogP contribution in [-0.2, 0) is 0 Å². The van der Waals surface area contributed by atoms with Gasteiger partial charge in [0.25, 0.3) is 11.8 Å². The van der Waals surface area contributed by atoms with E-state index in [-0.39, 0.29) is 11.8 Å². The highest BCUT2D eigenvalue weighted by atomic mass is 16.5. The number of amides is 2. The van der Waals surface area contributed by atoms with Crippen LogP contribution in [0.1, 0.15) is 70.2 Å². The van der Waals surface area contributed by atoms with E-state index in [1.807, 2.05) is 17.9 Å². The molecular weight excluding hydrogens is 416 g/mol. The van der Waals surface area contributed by atoms with Gasteiger partial charge < -0.3 is 24.4 Å². The molecule has 2 heterocycles. The normalized spacial score (nSPS) is 17.8. The first-order valence-electron chi connectivity index (χ1n) is 12.0. The summed E-state index contributed by atoms with van der Waals surface area (Å²) in [5.41, 5.74) is 3.88. The van der Waals surface area contributed by atoms with E-state index < -0.39 is 0 Å². The predicted molar refractivity (Wildman–Crippen MR) is 130 cm³/mol. The van der Waals surface area contributed by atoms with E-state index in [9.17, 15) is 9.59 Å². The topological polar surface area (TPSA) is 66.8 Å². The zero-order valence-electron chi connectivity index (χ0n) is 20.3. The number of ether oxygens (including phenoxy) is 1. The number of carbonyl (C=O) groups is 2. The Morgan fingerprint density at radius 1 is 1.00 bits per heavy atom. The summed E-state index contributed by atoms with van der Waals surface area (Å²) in [5.74, 6) is 0.351. The Hall–Kier alpha value is -2.80. The van der Waals surface area contributed by atoms with Crippen molar-refractivity contribution in [3.8, 4) is 5.75 Å². The Bertz CT molecular complexity index is 1010. The predicted octanol–water partition coefficient (Wildman–Crippen LogP) is 4.26. The average Bonchev–Trinajstić information content (AvgIpc) is 3.13. The Balaban J connectivity index is 1.55. The van der Waals surface area contributed by atoms with Crippen LogP contribution in [0.3, 0.4) is 0 Å². The lowest BCUT2D eigenvalue weighted by molar-refractivity contribution is 0.0664. The van der Waals surface area contributed by atoms with Gasteiger partial charge in [-0.3, -0.25) is 9.59 Å². The second kappa shape index (κ2) is 10.00. The number of methoxy groups -OCH3 is 1. The number of aryl methyl sites for hydroxylation is 1. The van der Waals surface area contributed by atoms with Gasteiger partial charge in [-0.2, -0.15) is 0 Å². The molecule has 1 aromatic carbocycles. The van der Waals surface area contributed by atoms with Gasteiger partial charge in [0.05, 0.1) is 18.4 Å². The van der Waals surface area contributed by atoms with Crippen molar-refractivity contribution in [1.82, 2.24) is 14.4 Å². The summed E-state index contributed by atoms with van der Waals surface area (Å²) in [7, 11) is 3.63. The molecule has 7 heteroatoms. The number of hydrogen-bond acceptors (Lipinski definition) is 4. The van der Waals surface area contributed by atoms with E-state index >= 15 is 0 Å². The van der Waals surface area contributed by atoms with Gasteiger partial charge in [0.2, 0.25) is 0 Å². The summed E-state index contributed by atoms with van der Waals surface area (Å²) < 4.78 is 7.81. The van der Waals surface area contributed by atoms with Crippen molar-refractivity contribution >= 4 is 17.5 Å². The first kappa shape index (κ1) is 23.4. The molecule has 2 amide bonds. The third-order valence-electron chi connectivity index (χ3n) is 7.15. The molecule has 1 aromatic heterocycles. The van der Waals surface area contributed by atoms with Crippen molar-refractivity contribution in [2.75, 3.05) is 45.7 Å². The smallest absolute Gasteiger partial charge is 0.257 e. The lowest BCUT2D eigenvalue weighted by Gasteiger charge is -2.32. The Kier molecular flexibility index (Phi) is 7.08. The molecule has 1 N–H and O–H groups in total. The number of piperazine rings is 1. The van der Waals surface area contributed by atoms with Gasteiger partial charge in [-0.15, -0.1) is 0 Å². The van der Waals surface area contributed by atoms with Gasteiger partial charge in [-0.1, -0.05) is 19.3 Å². The van der Waals surface area contributed by atoms with Crippen molar-refractivity contribution in [3.05, 3.63) is 46.8 Å². The van der Waals surface area contributed by atoms with Crippen molar-refractivity contribution in [3.63, 3.8) is 0 Å². The summed E-state index contributed by atoms with van der Waals surface area (Å²) in [6, 6.07) is 7.70. The van der Waals surface area contributed by atoms with E-state index in [4.69, 9.17) is 4.74 Å². The molecule has 7 nitrogen and oxygen atoms in total. The summed E-state index contributed by atoms with van der Waals surface area (Å²) in [4.78, 5) is 30.4. The van der Waals surface area contributed by atoms with Gasteiger partial charge in [-0.05, 0) is 58.0 Å². The number of rotatable bonds is 5. The van der Waals surface area contributed by atoms with Gasteiger partial charge >= 0.3 is 0 Å². The standard InChI is InChI=1S/C26H36N4O3/c1-18-16-22(19(2)30(18)21-8-6-5-7-9-21)25(31)27-23-17-20(10-11-24(23)33-4)26(32)29-14-12-28(3)13-15-29/h10-11,16-17,21H,5-9,12-15H2,1-4H3,(H,27,31). The second-order valence-corrected chi connectivity index (χ2v) is 9.41. The number of nitrogens with one attached hydrogen (secondary N) is 1. The number of likely N-dealkylation sites (N-methyl/N-ethyl adjacent to an activating group) is 1. The van der Waals surface area contributed by atoms with Crippen molar-refractivity contribution in [1.29, 1.82) is 0 Å². The number of aromatic nitrogens is 1. The largest absolute Gasteiger partial charge is 0.495 e. The van der Waals surface area contributed by atoms with Crippen LogP contribution in [0.25, 0.3) is 0 Å². The summed E-state index contributed by atoms with van der Waals surface area (Å²) in [5, 5.41) is 3.01. The van der Waals surface area contributed by atoms with Crippen molar-refractivity contribution < 1.29 is 14.3 Å². The van der Waals surface area contributed by atoms with Crippen LogP contribution in [-0.4, -0.2) is 66.5 Å². The molecule has 2 fully saturated rings. The highest BCUT2D eigenvalue weighted by Gasteiger charge is 2.24. The fourth-order valence-corrected chi connectivity index (χ4v) is 5.23. The van der Waals surface area contributed by atoms with E-state index in [1.165, 1.54) is 32.1 Å². The van der Waals surface area contributed by atoms with Gasteiger partial charge in [0.15, 0.2) is 0 Å². The fraction of sp³-hybridized carbons (Fsp3) is 0.538. The van der Waals surface area contributed by atoms with Crippen LogP contribution in [0.4, 0.5) is 5.69 Å². The van der Waals surface area contributed by atoms with Crippen molar-refractivity contribution in [2.24, 2.45) is 0 Å². The molecular formula is C26H36N4O3. The molecule has 2 aliphatic rings. The molecule has 1 aliphatic carbocycles. The van der Waals surface area contributed by atoms with Crippen LogP contribution in [0, 0.1) is 13.8 Å². The van der Waals surface area contributed by atoms with Crippen LogP contribution >= 0.6 is 0 Å². The molecule has 1 saturated carbocycles. The molecule has 33 heavy (non-hydrogen) atoms. The maximum atomic E-state index is 13.3. The Labute approximate surface area is 196 Å². The molecule has 0 unspecified atom stereocenters. The summed E-state index contributed by atoms with van der Waals surface area (Å²) in [6.07, 6.45) is 6.12. The molecule has 0 spiro atoms. The maximum absolute atomic E-state index is 13.3. The first-order chi connectivity index (χ1) is 15.9. The van der Waals surface area contributed by atoms with E-state index in [0.717, 1.165) is 24.5 Å². The monoisotopic (exact) mass is 452 g/mol. The van der Waals surface area contributed by atoms with Crippen LogP contribution in [0.15, 0.2) is 24.3 Å². The molecule has 4 rings (SSSR count). The highest BCUT2D eigenvalue weighted by molar-refractivity contribution is 6.07. The highest BCUT2D eigenvalue weighted by Crippen LogP contribution is 2.33. The maximum Gasteiger partial charge on any atom is 0.257 e. The van der Waals surface area contributed by atoms with Gasteiger partial charge in [0, 0.05) is 49.2 Å². The van der Waals surface area contributed by atoms with Crippen LogP contribution < -0.4 is 10.1 Å². The minimum Gasteiger partial charge on any atom is -0.495 e. The third-order valence-corrected chi connectivity index (χ3v) is 7.15. The molecule has 178 valence electrons. The molecule has 0 atom stereocenters.